The minimum atomic E-state index is -0.433. The molecule has 3 heterocycles. The smallest absolute Gasteiger partial charge is 0.407 e. The number of rotatable bonds is 1. The number of nitrogens with zero attached hydrogens (tertiary/aromatic N) is 1. The molecule has 19 heavy (non-hydrogen) atoms. The van der Waals surface area contributed by atoms with Gasteiger partial charge in [0.25, 0.3) is 5.91 Å². The molecule has 0 radical (unpaired) electrons. The van der Waals surface area contributed by atoms with Crippen LogP contribution in [0.1, 0.15) is 23.4 Å². The molecule has 0 aliphatic carbocycles. The monoisotopic (exact) mass is 328 g/mol. The predicted molar refractivity (Wildman–Crippen MR) is 68.8 cm³/mol. The first-order valence-electron chi connectivity index (χ1n) is 6.09. The normalized spacial score (nSPS) is 21.3. The lowest BCUT2D eigenvalue weighted by atomic mass is 9.91. The average Bonchev–Trinajstić information content (AvgIpc) is 2.97. The van der Waals surface area contributed by atoms with E-state index in [0.29, 0.717) is 42.9 Å². The van der Waals surface area contributed by atoms with E-state index in [-0.39, 0.29) is 12.0 Å². The van der Waals surface area contributed by atoms with Gasteiger partial charge in [-0.1, -0.05) is 0 Å². The van der Waals surface area contributed by atoms with Crippen LogP contribution in [-0.2, 0) is 4.74 Å². The average molecular weight is 329 g/mol. The Morgan fingerprint density at radius 3 is 2.63 bits per heavy atom. The molecule has 1 N–H and O–H groups in total. The van der Waals surface area contributed by atoms with Crippen LogP contribution in [0.3, 0.4) is 0 Å². The minimum absolute atomic E-state index is 0.127. The van der Waals surface area contributed by atoms with Crippen molar-refractivity contribution in [1.82, 2.24) is 10.2 Å². The largest absolute Gasteiger partial charge is 0.444 e. The molecule has 6 nitrogen and oxygen atoms in total. The summed E-state index contributed by atoms with van der Waals surface area (Å²) in [5.41, 5.74) is -0.433. The predicted octanol–water partition coefficient (Wildman–Crippen LogP) is 1.76. The van der Waals surface area contributed by atoms with Crippen LogP contribution >= 0.6 is 15.9 Å². The highest BCUT2D eigenvalue weighted by atomic mass is 79.9. The zero-order valence-corrected chi connectivity index (χ0v) is 11.7. The fourth-order valence-electron chi connectivity index (χ4n) is 2.48. The number of halogens is 1. The number of carbonyl (C=O) groups excluding carboxylic acids is 2. The summed E-state index contributed by atoms with van der Waals surface area (Å²) in [7, 11) is 0. The van der Waals surface area contributed by atoms with Crippen LogP contribution in [0.2, 0.25) is 0 Å². The van der Waals surface area contributed by atoms with Gasteiger partial charge in [0.15, 0.2) is 10.4 Å². The van der Waals surface area contributed by atoms with Gasteiger partial charge in [0.05, 0.1) is 6.54 Å². The Bertz CT molecular complexity index is 520. The van der Waals surface area contributed by atoms with Crippen LogP contribution < -0.4 is 5.32 Å². The van der Waals surface area contributed by atoms with Crippen molar-refractivity contribution in [2.45, 2.75) is 18.4 Å². The van der Waals surface area contributed by atoms with E-state index >= 15 is 0 Å². The van der Waals surface area contributed by atoms with Crippen molar-refractivity contribution < 1.29 is 18.7 Å². The van der Waals surface area contributed by atoms with E-state index < -0.39 is 5.60 Å². The summed E-state index contributed by atoms with van der Waals surface area (Å²) in [6.07, 6.45) is 0.938. The second kappa shape index (κ2) is 4.56. The maximum Gasteiger partial charge on any atom is 0.407 e. The lowest BCUT2D eigenvalue weighted by Crippen LogP contribution is -2.48. The third-order valence-corrected chi connectivity index (χ3v) is 4.04. The third kappa shape index (κ3) is 2.34. The lowest BCUT2D eigenvalue weighted by Gasteiger charge is -2.36. The number of furan rings is 1. The van der Waals surface area contributed by atoms with Crippen LogP contribution in [0, 0.1) is 0 Å². The molecule has 3 rings (SSSR count). The molecule has 1 aromatic heterocycles. The van der Waals surface area contributed by atoms with Gasteiger partial charge in [0, 0.05) is 25.9 Å². The van der Waals surface area contributed by atoms with Gasteiger partial charge in [-0.3, -0.25) is 4.79 Å². The van der Waals surface area contributed by atoms with Gasteiger partial charge < -0.3 is 19.4 Å². The summed E-state index contributed by atoms with van der Waals surface area (Å²) in [5.74, 6) is 0.196. The van der Waals surface area contributed by atoms with Gasteiger partial charge in [0.1, 0.15) is 5.60 Å². The summed E-state index contributed by atoms with van der Waals surface area (Å²) in [4.78, 5) is 25.0. The van der Waals surface area contributed by atoms with E-state index in [4.69, 9.17) is 9.15 Å². The molecular formula is C12H13BrN2O4. The van der Waals surface area contributed by atoms with Gasteiger partial charge in [-0.05, 0) is 28.1 Å². The molecule has 1 spiro atoms. The number of hydrogen-bond acceptors (Lipinski definition) is 4. The summed E-state index contributed by atoms with van der Waals surface area (Å²) in [6, 6.07) is 3.34. The van der Waals surface area contributed by atoms with Crippen LogP contribution in [0.25, 0.3) is 0 Å². The molecule has 0 aromatic carbocycles. The highest BCUT2D eigenvalue weighted by molar-refractivity contribution is 9.10. The lowest BCUT2D eigenvalue weighted by molar-refractivity contribution is 0.00241. The first-order chi connectivity index (χ1) is 9.08. The van der Waals surface area contributed by atoms with Crippen molar-refractivity contribution in [3.63, 3.8) is 0 Å². The summed E-state index contributed by atoms with van der Waals surface area (Å²) < 4.78 is 11.1. The number of amides is 2. The number of hydrogen-bond donors (Lipinski definition) is 1. The molecule has 0 atom stereocenters. The molecule has 2 aliphatic heterocycles. The Morgan fingerprint density at radius 1 is 1.37 bits per heavy atom. The molecule has 1 aromatic rings. The van der Waals surface area contributed by atoms with E-state index in [1.807, 2.05) is 0 Å². The molecule has 2 saturated heterocycles. The molecule has 0 unspecified atom stereocenters. The van der Waals surface area contributed by atoms with Gasteiger partial charge in [-0.15, -0.1) is 0 Å². The van der Waals surface area contributed by atoms with Gasteiger partial charge in [-0.2, -0.15) is 0 Å². The van der Waals surface area contributed by atoms with E-state index in [0.717, 1.165) is 0 Å². The molecule has 102 valence electrons. The number of likely N-dealkylation sites (tertiary alicyclic amines) is 1. The first-order valence-corrected chi connectivity index (χ1v) is 6.89. The Hall–Kier alpha value is -1.50. The Morgan fingerprint density at radius 2 is 2.11 bits per heavy atom. The van der Waals surface area contributed by atoms with Crippen molar-refractivity contribution in [2.24, 2.45) is 0 Å². The van der Waals surface area contributed by atoms with Crippen LogP contribution in [0.4, 0.5) is 4.79 Å². The van der Waals surface area contributed by atoms with Crippen molar-refractivity contribution in [2.75, 3.05) is 19.6 Å². The number of nitrogens with one attached hydrogen (secondary N) is 1. The molecule has 2 fully saturated rings. The summed E-state index contributed by atoms with van der Waals surface area (Å²) in [6.45, 7) is 1.65. The van der Waals surface area contributed by atoms with E-state index in [2.05, 4.69) is 21.2 Å². The van der Waals surface area contributed by atoms with Crippen molar-refractivity contribution in [1.29, 1.82) is 0 Å². The highest BCUT2D eigenvalue weighted by Gasteiger charge is 2.43. The fraction of sp³-hybridized carbons (Fsp3) is 0.500. The molecule has 0 bridgehead atoms. The SMILES string of the molecule is O=C1NCC2(CCN(C(=O)c3ccc(Br)o3)CC2)O1. The minimum Gasteiger partial charge on any atom is -0.444 e. The van der Waals surface area contributed by atoms with Crippen LogP contribution in [0.15, 0.2) is 21.2 Å². The standard InChI is InChI=1S/C12H13BrN2O4/c13-9-2-1-8(18-9)10(16)15-5-3-12(4-6-15)7-14-11(17)19-12/h1-2H,3-7H2,(H,14,17). The summed E-state index contributed by atoms with van der Waals surface area (Å²) >= 11 is 3.18. The quantitative estimate of drug-likeness (QED) is 0.852. The molecule has 2 amide bonds. The first kappa shape index (κ1) is 12.5. The molecule has 0 saturated carbocycles. The number of alkyl carbamates (subject to hydrolysis) is 1. The maximum atomic E-state index is 12.2. The maximum absolute atomic E-state index is 12.2. The number of carbonyl (C=O) groups is 2. The van der Waals surface area contributed by atoms with E-state index in [9.17, 15) is 9.59 Å². The zero-order chi connectivity index (χ0) is 13.5. The Balaban J connectivity index is 1.64. The second-order valence-electron chi connectivity index (χ2n) is 4.82. The fourth-order valence-corrected chi connectivity index (χ4v) is 2.79. The van der Waals surface area contributed by atoms with Gasteiger partial charge >= 0.3 is 6.09 Å². The molecule has 7 heteroatoms. The number of ether oxygens (including phenoxy) is 1. The van der Waals surface area contributed by atoms with E-state index in [1.165, 1.54) is 0 Å². The third-order valence-electron chi connectivity index (χ3n) is 3.61. The topological polar surface area (TPSA) is 71.8 Å². The van der Waals surface area contributed by atoms with Gasteiger partial charge in [0.2, 0.25) is 0 Å². The highest BCUT2D eigenvalue weighted by Crippen LogP contribution is 2.30. The van der Waals surface area contributed by atoms with Crippen LogP contribution in [-0.4, -0.2) is 42.1 Å². The second-order valence-corrected chi connectivity index (χ2v) is 5.60. The van der Waals surface area contributed by atoms with Gasteiger partial charge in [-0.25, -0.2) is 4.79 Å². The Labute approximate surface area is 118 Å². The van der Waals surface area contributed by atoms with Crippen molar-refractivity contribution in [3.05, 3.63) is 22.6 Å². The Kier molecular flexibility index (Phi) is 3.00. The van der Waals surface area contributed by atoms with E-state index in [1.54, 1.807) is 17.0 Å². The van der Waals surface area contributed by atoms with Crippen LogP contribution in [0.5, 0.6) is 0 Å². The van der Waals surface area contributed by atoms with Crippen molar-refractivity contribution >= 4 is 27.9 Å². The summed E-state index contributed by atoms with van der Waals surface area (Å²) in [5, 5.41) is 2.67. The zero-order valence-electron chi connectivity index (χ0n) is 10.1. The van der Waals surface area contributed by atoms with Crippen molar-refractivity contribution in [3.8, 4) is 0 Å². The molecule has 2 aliphatic rings. The molecular weight excluding hydrogens is 316 g/mol. The number of piperidine rings is 1.